The number of benzene rings is 1. The van der Waals surface area contributed by atoms with E-state index in [0.29, 0.717) is 37.8 Å². The Balaban J connectivity index is 0.00000312. The van der Waals surface area contributed by atoms with Crippen LogP contribution in [0.15, 0.2) is 23.2 Å². The second kappa shape index (κ2) is 10.7. The van der Waals surface area contributed by atoms with E-state index in [0.717, 1.165) is 18.6 Å². The van der Waals surface area contributed by atoms with Crippen LogP contribution in [0.25, 0.3) is 0 Å². The summed E-state index contributed by atoms with van der Waals surface area (Å²) in [4.78, 5) is 4.21. The van der Waals surface area contributed by atoms with Gasteiger partial charge in [0.2, 0.25) is 0 Å². The van der Waals surface area contributed by atoms with E-state index in [1.807, 2.05) is 0 Å². The lowest BCUT2D eigenvalue weighted by molar-refractivity contribution is 0.127. The number of nitrogens with one attached hydrogen (secondary N) is 2. The first kappa shape index (κ1) is 21.8. The number of aliphatic imine (C=N–C) groups is 1. The predicted molar refractivity (Wildman–Crippen MR) is 108 cm³/mol. The number of rotatable bonds is 7. The van der Waals surface area contributed by atoms with Gasteiger partial charge in [-0.25, -0.2) is 0 Å². The number of phenols is 1. The fourth-order valence-electron chi connectivity index (χ4n) is 2.81. The monoisotopic (exact) mass is 465 g/mol. The summed E-state index contributed by atoms with van der Waals surface area (Å²) in [6, 6.07) is 5.11. The van der Waals surface area contributed by atoms with Gasteiger partial charge >= 0.3 is 0 Å². The fraction of sp³-hybridized carbons (Fsp3) is 0.588. The number of halogens is 1. The van der Waals surface area contributed by atoms with Crippen molar-refractivity contribution in [1.29, 1.82) is 0 Å². The molecule has 1 aromatic carbocycles. The summed E-state index contributed by atoms with van der Waals surface area (Å²) >= 11 is 0. The van der Waals surface area contributed by atoms with Gasteiger partial charge in [-0.05, 0) is 31.0 Å². The van der Waals surface area contributed by atoms with Crippen LogP contribution in [-0.2, 0) is 11.3 Å². The molecular weight excluding hydrogens is 437 g/mol. The summed E-state index contributed by atoms with van der Waals surface area (Å²) < 4.78 is 10.7. The first-order valence-corrected chi connectivity index (χ1v) is 8.11. The third-order valence-electron chi connectivity index (χ3n) is 4.41. The van der Waals surface area contributed by atoms with Crippen molar-refractivity contribution in [2.45, 2.75) is 19.4 Å². The highest BCUT2D eigenvalue weighted by Crippen LogP contribution is 2.31. The van der Waals surface area contributed by atoms with Gasteiger partial charge in [0.25, 0.3) is 0 Å². The maximum atomic E-state index is 9.93. The third-order valence-corrected chi connectivity index (χ3v) is 4.41. The fourth-order valence-corrected chi connectivity index (χ4v) is 2.81. The molecule has 25 heavy (non-hydrogen) atoms. The van der Waals surface area contributed by atoms with Crippen LogP contribution in [0, 0.1) is 5.41 Å². The first-order chi connectivity index (χ1) is 11.6. The van der Waals surface area contributed by atoms with Crippen LogP contribution in [0.3, 0.4) is 0 Å². The van der Waals surface area contributed by atoms with E-state index in [2.05, 4.69) is 15.6 Å². The molecule has 1 aliphatic heterocycles. The van der Waals surface area contributed by atoms with Crippen LogP contribution in [0.4, 0.5) is 0 Å². The van der Waals surface area contributed by atoms with Gasteiger partial charge in [-0.15, -0.1) is 24.0 Å². The molecule has 0 radical (unpaired) electrons. The Morgan fingerprint density at radius 3 is 2.80 bits per heavy atom. The van der Waals surface area contributed by atoms with E-state index in [9.17, 15) is 10.2 Å². The van der Waals surface area contributed by atoms with E-state index in [1.54, 1.807) is 32.4 Å². The zero-order valence-electron chi connectivity index (χ0n) is 14.7. The Hall–Kier alpha value is -1.26. The van der Waals surface area contributed by atoms with Gasteiger partial charge in [0.05, 0.1) is 13.7 Å². The zero-order valence-corrected chi connectivity index (χ0v) is 17.1. The van der Waals surface area contributed by atoms with Crippen LogP contribution in [0.1, 0.15) is 18.4 Å². The van der Waals surface area contributed by atoms with Crippen molar-refractivity contribution >= 4 is 29.9 Å². The minimum atomic E-state index is -0.0511. The lowest BCUT2D eigenvalue weighted by atomic mass is 9.84. The van der Waals surface area contributed by atoms with Crippen molar-refractivity contribution in [3.8, 4) is 11.5 Å². The summed E-state index contributed by atoms with van der Waals surface area (Å²) in [5.41, 5.74) is 0.677. The van der Waals surface area contributed by atoms with Gasteiger partial charge in [-0.2, -0.15) is 0 Å². The minimum absolute atomic E-state index is 0. The molecule has 0 saturated carbocycles. The van der Waals surface area contributed by atoms with E-state index in [4.69, 9.17) is 9.47 Å². The van der Waals surface area contributed by atoms with Gasteiger partial charge in [-0.1, -0.05) is 0 Å². The largest absolute Gasteiger partial charge is 0.508 e. The quantitative estimate of drug-likeness (QED) is 0.277. The second-order valence-corrected chi connectivity index (χ2v) is 6.05. The summed E-state index contributed by atoms with van der Waals surface area (Å²) in [6.07, 6.45) is 1.63. The molecule has 142 valence electrons. The molecule has 1 fully saturated rings. The molecule has 0 bridgehead atoms. The Morgan fingerprint density at radius 1 is 1.40 bits per heavy atom. The summed E-state index contributed by atoms with van der Waals surface area (Å²) in [5, 5.41) is 25.7. The minimum Gasteiger partial charge on any atom is -0.508 e. The van der Waals surface area contributed by atoms with Gasteiger partial charge in [0.15, 0.2) is 5.96 Å². The van der Waals surface area contributed by atoms with Crippen LogP contribution in [-0.4, -0.2) is 56.7 Å². The molecule has 1 saturated heterocycles. The number of nitrogens with zero attached hydrogens (tertiary/aromatic N) is 1. The number of hydrogen-bond donors (Lipinski definition) is 4. The summed E-state index contributed by atoms with van der Waals surface area (Å²) in [7, 11) is 3.29. The van der Waals surface area contributed by atoms with Gasteiger partial charge in [0.1, 0.15) is 11.5 Å². The Morgan fingerprint density at radius 2 is 2.20 bits per heavy atom. The SMILES string of the molecule is CN=C(NCc1cc(OC)ccc1O)NCC1(CCO)CCOC1.I. The van der Waals surface area contributed by atoms with Crippen molar-refractivity contribution in [3.63, 3.8) is 0 Å². The van der Waals surface area contributed by atoms with Crippen LogP contribution < -0.4 is 15.4 Å². The second-order valence-electron chi connectivity index (χ2n) is 6.05. The van der Waals surface area contributed by atoms with Gasteiger partial charge in [-0.3, -0.25) is 4.99 Å². The Labute approximate surface area is 165 Å². The molecule has 0 spiro atoms. The molecular formula is C17H28IN3O4. The molecule has 1 unspecified atom stereocenters. The highest BCUT2D eigenvalue weighted by atomic mass is 127. The number of aliphatic hydroxyl groups is 1. The zero-order chi connectivity index (χ0) is 17.4. The van der Waals surface area contributed by atoms with Gasteiger partial charge < -0.3 is 30.3 Å². The number of hydrogen-bond acceptors (Lipinski definition) is 5. The highest BCUT2D eigenvalue weighted by molar-refractivity contribution is 14.0. The van der Waals surface area contributed by atoms with Gasteiger partial charge in [0, 0.05) is 44.3 Å². The van der Waals surface area contributed by atoms with Crippen molar-refractivity contribution in [1.82, 2.24) is 10.6 Å². The van der Waals surface area contributed by atoms with Crippen molar-refractivity contribution in [3.05, 3.63) is 23.8 Å². The molecule has 1 heterocycles. The molecule has 2 rings (SSSR count). The number of aliphatic hydroxyl groups excluding tert-OH is 1. The van der Waals surface area contributed by atoms with E-state index in [1.165, 1.54) is 0 Å². The van der Waals surface area contributed by atoms with E-state index < -0.39 is 0 Å². The number of phenolic OH excluding ortho intramolecular Hbond substituents is 1. The lowest BCUT2D eigenvalue weighted by Gasteiger charge is -2.27. The van der Waals surface area contributed by atoms with Crippen LogP contribution >= 0.6 is 24.0 Å². The smallest absolute Gasteiger partial charge is 0.191 e. The molecule has 4 N–H and O–H groups in total. The topological polar surface area (TPSA) is 95.3 Å². The predicted octanol–water partition coefficient (Wildman–Crippen LogP) is 1.47. The molecule has 1 aliphatic rings. The van der Waals surface area contributed by atoms with E-state index >= 15 is 0 Å². The molecule has 1 aromatic rings. The summed E-state index contributed by atoms with van der Waals surface area (Å²) in [6.45, 7) is 2.62. The third kappa shape index (κ3) is 6.19. The lowest BCUT2D eigenvalue weighted by Crippen LogP contribution is -2.44. The van der Waals surface area contributed by atoms with Crippen molar-refractivity contribution < 1.29 is 19.7 Å². The highest BCUT2D eigenvalue weighted by Gasteiger charge is 2.34. The maximum Gasteiger partial charge on any atom is 0.191 e. The van der Waals surface area contributed by atoms with Crippen LogP contribution in [0.2, 0.25) is 0 Å². The molecule has 0 aromatic heterocycles. The van der Waals surface area contributed by atoms with E-state index in [-0.39, 0.29) is 41.7 Å². The normalized spacial score (nSPS) is 20.0. The molecule has 1 atom stereocenters. The van der Waals surface area contributed by atoms with Crippen molar-refractivity contribution in [2.24, 2.45) is 10.4 Å². The number of methoxy groups -OCH3 is 1. The number of guanidine groups is 1. The number of ether oxygens (including phenoxy) is 2. The number of aromatic hydroxyl groups is 1. The molecule has 7 nitrogen and oxygen atoms in total. The van der Waals surface area contributed by atoms with Crippen LogP contribution in [0.5, 0.6) is 11.5 Å². The summed E-state index contributed by atoms with van der Waals surface area (Å²) in [5.74, 6) is 1.54. The van der Waals surface area contributed by atoms with Crippen molar-refractivity contribution in [2.75, 3.05) is 40.5 Å². The maximum absolute atomic E-state index is 9.93. The standard InChI is InChI=1S/C17H27N3O4.HI/c1-18-16(20-11-17(5-7-21)6-8-24-12-17)19-10-13-9-14(23-2)3-4-15(13)22;/h3-4,9,21-22H,5-8,10-12H2,1-2H3,(H2,18,19,20);1H. The first-order valence-electron chi connectivity index (χ1n) is 8.11. The average molecular weight is 465 g/mol. The Bertz CT molecular complexity index is 563. The Kier molecular flexibility index (Phi) is 9.30. The average Bonchev–Trinajstić information content (AvgIpc) is 3.05. The molecule has 0 amide bonds. The molecule has 8 heteroatoms. The molecule has 0 aliphatic carbocycles.